The van der Waals surface area contributed by atoms with Crippen LogP contribution >= 0.6 is 27.3 Å². The van der Waals surface area contributed by atoms with Crippen molar-refractivity contribution in [1.29, 1.82) is 0 Å². The number of benzene rings is 1. The van der Waals surface area contributed by atoms with Crippen LogP contribution in [0, 0.1) is 6.92 Å². The summed E-state index contributed by atoms with van der Waals surface area (Å²) in [6, 6.07) is 11.7. The van der Waals surface area contributed by atoms with Gasteiger partial charge in [0.2, 0.25) is 0 Å². The topological polar surface area (TPSA) is 54.9 Å². The Morgan fingerprint density at radius 2 is 2.04 bits per heavy atom. The summed E-state index contributed by atoms with van der Waals surface area (Å²) < 4.78 is 1.06. The molecule has 0 bridgehead atoms. The van der Waals surface area contributed by atoms with Gasteiger partial charge in [0, 0.05) is 28.2 Å². The number of nitrogens with zero attached hydrogens (tertiary/aromatic N) is 2. The average molecular weight is 388 g/mol. The van der Waals surface area contributed by atoms with Gasteiger partial charge in [-0.3, -0.25) is 15.1 Å². The van der Waals surface area contributed by atoms with Crippen molar-refractivity contribution in [3.63, 3.8) is 0 Å². The van der Waals surface area contributed by atoms with Gasteiger partial charge >= 0.3 is 0 Å². The molecule has 0 unspecified atom stereocenters. The molecule has 3 rings (SSSR count). The number of hydrogen-bond donors (Lipinski definition) is 1. The van der Waals surface area contributed by atoms with Crippen molar-refractivity contribution in [2.75, 3.05) is 5.32 Å². The zero-order valence-corrected chi connectivity index (χ0v) is 14.8. The van der Waals surface area contributed by atoms with E-state index in [-0.39, 0.29) is 5.91 Å². The monoisotopic (exact) mass is 387 g/mol. The second-order valence-electron chi connectivity index (χ2n) is 5.03. The molecule has 0 radical (unpaired) electrons. The van der Waals surface area contributed by atoms with Crippen LogP contribution in [0.25, 0.3) is 0 Å². The van der Waals surface area contributed by atoms with Crippen LogP contribution in [0.15, 0.2) is 53.3 Å². The molecule has 23 heavy (non-hydrogen) atoms. The van der Waals surface area contributed by atoms with Gasteiger partial charge in [-0.1, -0.05) is 28.1 Å². The minimum absolute atomic E-state index is 0.193. The molecule has 0 spiro atoms. The van der Waals surface area contributed by atoms with Crippen molar-refractivity contribution >= 4 is 38.3 Å². The maximum Gasteiger partial charge on any atom is 0.259 e. The fraction of sp³-hybridized carbons (Fsp3) is 0.118. The molecule has 2 aromatic heterocycles. The van der Waals surface area contributed by atoms with Crippen molar-refractivity contribution in [3.8, 4) is 0 Å². The first-order valence-corrected chi connectivity index (χ1v) is 8.65. The van der Waals surface area contributed by atoms with Crippen LogP contribution in [-0.4, -0.2) is 15.9 Å². The number of aromatic nitrogens is 2. The van der Waals surface area contributed by atoms with E-state index in [0.717, 1.165) is 21.5 Å². The molecule has 0 fully saturated rings. The number of carbonyl (C=O) groups is 1. The Bertz CT molecular complexity index is 816. The van der Waals surface area contributed by atoms with Gasteiger partial charge in [-0.15, -0.1) is 11.3 Å². The second-order valence-corrected chi connectivity index (χ2v) is 7.03. The Labute approximate surface area is 146 Å². The molecule has 0 atom stereocenters. The Morgan fingerprint density at radius 3 is 2.74 bits per heavy atom. The van der Waals surface area contributed by atoms with Gasteiger partial charge in [-0.2, -0.15) is 0 Å². The number of nitrogens with one attached hydrogen (secondary N) is 1. The van der Waals surface area contributed by atoms with Crippen LogP contribution in [0.1, 0.15) is 26.5 Å². The summed E-state index contributed by atoms with van der Waals surface area (Å²) in [5, 5.41) is 3.45. The number of pyridine rings is 1. The van der Waals surface area contributed by atoms with Crippen molar-refractivity contribution in [2.24, 2.45) is 0 Å². The van der Waals surface area contributed by atoms with Crippen LogP contribution < -0.4 is 5.32 Å². The standard InChI is InChI=1S/C17H14BrN3OS/c1-11-15(9-12-4-6-14(18)7-5-12)23-17(20-11)21-16(22)13-3-2-8-19-10-13/h2-8,10H,9H2,1H3,(H,20,21,22). The minimum Gasteiger partial charge on any atom is -0.298 e. The molecular formula is C17H14BrN3OS. The zero-order chi connectivity index (χ0) is 16.2. The third-order valence-corrected chi connectivity index (χ3v) is 4.92. The molecule has 4 nitrogen and oxygen atoms in total. The van der Waals surface area contributed by atoms with E-state index in [4.69, 9.17) is 0 Å². The fourth-order valence-corrected chi connectivity index (χ4v) is 3.36. The number of halogens is 1. The summed E-state index contributed by atoms with van der Waals surface area (Å²) in [5.74, 6) is -0.193. The number of anilines is 1. The van der Waals surface area contributed by atoms with Gasteiger partial charge in [0.1, 0.15) is 0 Å². The SMILES string of the molecule is Cc1nc(NC(=O)c2cccnc2)sc1Cc1ccc(Br)cc1. The van der Waals surface area contributed by atoms with Gasteiger partial charge in [0.05, 0.1) is 11.3 Å². The van der Waals surface area contributed by atoms with Crippen LogP contribution in [0.2, 0.25) is 0 Å². The smallest absolute Gasteiger partial charge is 0.259 e. The summed E-state index contributed by atoms with van der Waals surface area (Å²) in [5.41, 5.74) is 2.68. The Morgan fingerprint density at radius 1 is 1.26 bits per heavy atom. The maximum absolute atomic E-state index is 12.1. The molecule has 2 heterocycles. The first-order valence-electron chi connectivity index (χ1n) is 7.04. The van der Waals surface area contributed by atoms with E-state index in [1.54, 1.807) is 24.5 Å². The minimum atomic E-state index is -0.193. The van der Waals surface area contributed by atoms with Crippen molar-refractivity contribution in [3.05, 3.63) is 75.0 Å². The molecule has 1 amide bonds. The summed E-state index contributed by atoms with van der Waals surface area (Å²) in [7, 11) is 0. The quantitative estimate of drug-likeness (QED) is 0.719. The molecule has 0 saturated heterocycles. The number of carbonyl (C=O) groups excluding carboxylic acids is 1. The highest BCUT2D eigenvalue weighted by atomic mass is 79.9. The Balaban J connectivity index is 1.73. The van der Waals surface area contributed by atoms with E-state index >= 15 is 0 Å². The third-order valence-electron chi connectivity index (χ3n) is 3.31. The molecule has 1 aromatic carbocycles. The number of hydrogen-bond acceptors (Lipinski definition) is 4. The van der Waals surface area contributed by atoms with Crippen molar-refractivity contribution < 1.29 is 4.79 Å². The highest BCUT2D eigenvalue weighted by molar-refractivity contribution is 9.10. The highest BCUT2D eigenvalue weighted by Crippen LogP contribution is 2.26. The van der Waals surface area contributed by atoms with Crippen LogP contribution in [-0.2, 0) is 6.42 Å². The van der Waals surface area contributed by atoms with Gasteiger partial charge in [0.15, 0.2) is 5.13 Å². The lowest BCUT2D eigenvalue weighted by atomic mass is 10.1. The van der Waals surface area contributed by atoms with Gasteiger partial charge in [0.25, 0.3) is 5.91 Å². The number of aryl methyl sites for hydroxylation is 1. The molecular weight excluding hydrogens is 374 g/mol. The molecule has 0 aliphatic heterocycles. The van der Waals surface area contributed by atoms with E-state index in [2.05, 4.69) is 43.3 Å². The van der Waals surface area contributed by atoms with E-state index in [0.29, 0.717) is 10.7 Å². The normalized spacial score (nSPS) is 10.5. The molecule has 116 valence electrons. The summed E-state index contributed by atoms with van der Waals surface area (Å²) >= 11 is 4.94. The predicted molar refractivity (Wildman–Crippen MR) is 96.0 cm³/mol. The largest absolute Gasteiger partial charge is 0.298 e. The van der Waals surface area contributed by atoms with Gasteiger partial charge in [-0.25, -0.2) is 4.98 Å². The zero-order valence-electron chi connectivity index (χ0n) is 12.4. The van der Waals surface area contributed by atoms with E-state index in [1.165, 1.54) is 16.9 Å². The highest BCUT2D eigenvalue weighted by Gasteiger charge is 2.12. The predicted octanol–water partition coefficient (Wildman–Crippen LogP) is 4.45. The van der Waals surface area contributed by atoms with Crippen molar-refractivity contribution in [2.45, 2.75) is 13.3 Å². The lowest BCUT2D eigenvalue weighted by Gasteiger charge is -2.00. The Kier molecular flexibility index (Phi) is 4.83. The number of amides is 1. The van der Waals surface area contributed by atoms with E-state index < -0.39 is 0 Å². The second kappa shape index (κ2) is 7.02. The Hall–Kier alpha value is -2.05. The molecule has 0 aliphatic rings. The molecule has 6 heteroatoms. The number of rotatable bonds is 4. The summed E-state index contributed by atoms with van der Waals surface area (Å²) in [4.78, 5) is 21.7. The first kappa shape index (κ1) is 15.8. The number of thiazole rings is 1. The summed E-state index contributed by atoms with van der Waals surface area (Å²) in [6.07, 6.45) is 3.98. The average Bonchev–Trinajstić information content (AvgIpc) is 2.90. The lowest BCUT2D eigenvalue weighted by Crippen LogP contribution is -2.11. The van der Waals surface area contributed by atoms with Crippen LogP contribution in [0.4, 0.5) is 5.13 Å². The van der Waals surface area contributed by atoms with Crippen LogP contribution in [0.3, 0.4) is 0 Å². The fourth-order valence-electron chi connectivity index (χ4n) is 2.10. The van der Waals surface area contributed by atoms with Gasteiger partial charge in [-0.05, 0) is 36.8 Å². The van der Waals surface area contributed by atoms with Crippen LogP contribution in [0.5, 0.6) is 0 Å². The summed E-state index contributed by atoms with van der Waals surface area (Å²) in [6.45, 7) is 1.96. The molecule has 0 saturated carbocycles. The first-order chi connectivity index (χ1) is 11.1. The third kappa shape index (κ3) is 4.03. The molecule has 1 N–H and O–H groups in total. The maximum atomic E-state index is 12.1. The van der Waals surface area contributed by atoms with E-state index in [1.807, 2.05) is 19.1 Å². The van der Waals surface area contributed by atoms with E-state index in [9.17, 15) is 4.79 Å². The van der Waals surface area contributed by atoms with Crippen molar-refractivity contribution in [1.82, 2.24) is 9.97 Å². The molecule has 0 aliphatic carbocycles. The molecule has 3 aromatic rings. The lowest BCUT2D eigenvalue weighted by molar-refractivity contribution is 0.102. The van der Waals surface area contributed by atoms with Gasteiger partial charge < -0.3 is 0 Å².